The molecule has 1 aromatic rings. The van der Waals surface area contributed by atoms with Gasteiger partial charge in [0.2, 0.25) is 10.0 Å². The van der Waals surface area contributed by atoms with Crippen molar-refractivity contribution in [3.05, 3.63) is 34.6 Å². The Labute approximate surface area is 127 Å². The van der Waals surface area contributed by atoms with Gasteiger partial charge in [0.05, 0.1) is 12.4 Å². The molecule has 0 bridgehead atoms. The molecule has 0 aliphatic carbocycles. The first-order valence-corrected chi connectivity index (χ1v) is 9.18. The van der Waals surface area contributed by atoms with E-state index in [-0.39, 0.29) is 22.4 Å². The molecular weight excluding hydrogens is 325 g/mol. The molecule has 0 aliphatic rings. The van der Waals surface area contributed by atoms with E-state index in [1.807, 2.05) is 0 Å². The van der Waals surface area contributed by atoms with Crippen molar-refractivity contribution in [2.75, 3.05) is 12.9 Å². The van der Waals surface area contributed by atoms with E-state index >= 15 is 0 Å². The average Bonchev–Trinajstić information content (AvgIpc) is 2.34. The first-order valence-electron chi connectivity index (χ1n) is 5.86. The van der Waals surface area contributed by atoms with Gasteiger partial charge in [-0.15, -0.1) is 0 Å². The van der Waals surface area contributed by atoms with Gasteiger partial charge in [-0.3, -0.25) is 0 Å². The molecule has 0 spiro atoms. The van der Waals surface area contributed by atoms with Crippen LogP contribution in [0.2, 0.25) is 5.02 Å². The number of hydrogen-bond donors (Lipinski definition) is 2. The third kappa shape index (κ3) is 5.21. The lowest BCUT2D eigenvalue weighted by atomic mass is 10.2. The maximum absolute atomic E-state index is 13.5. The van der Waals surface area contributed by atoms with Gasteiger partial charge in [-0.2, -0.15) is 11.8 Å². The summed E-state index contributed by atoms with van der Waals surface area (Å²) in [5.74, 6) is -1.10. The van der Waals surface area contributed by atoms with Crippen LogP contribution in [-0.4, -0.2) is 37.7 Å². The summed E-state index contributed by atoms with van der Waals surface area (Å²) < 4.78 is 40.0. The predicted molar refractivity (Wildman–Crippen MR) is 81.0 cm³/mol. The smallest absolute Gasteiger partial charge is 0.216 e. The SMILES string of the molecule is CS[C@@H](CO)[C@H](C)NS(=O)(=O)Cc1cc(Cl)ccc1F. The Hall–Kier alpha value is -0.340. The number of benzene rings is 1. The zero-order valence-corrected chi connectivity index (χ0v) is 13.5. The van der Waals surface area contributed by atoms with Crippen LogP contribution in [0.25, 0.3) is 0 Å². The van der Waals surface area contributed by atoms with Gasteiger partial charge in [-0.05, 0) is 31.4 Å². The van der Waals surface area contributed by atoms with Gasteiger partial charge in [0, 0.05) is 21.9 Å². The van der Waals surface area contributed by atoms with Crippen LogP contribution in [-0.2, 0) is 15.8 Å². The van der Waals surface area contributed by atoms with Crippen LogP contribution in [0.1, 0.15) is 12.5 Å². The van der Waals surface area contributed by atoms with Crippen LogP contribution in [0.5, 0.6) is 0 Å². The van der Waals surface area contributed by atoms with Gasteiger partial charge in [0.25, 0.3) is 0 Å². The highest BCUT2D eigenvalue weighted by atomic mass is 35.5. The van der Waals surface area contributed by atoms with Crippen molar-refractivity contribution < 1.29 is 17.9 Å². The van der Waals surface area contributed by atoms with Gasteiger partial charge < -0.3 is 5.11 Å². The Bertz CT molecular complexity index is 550. The summed E-state index contributed by atoms with van der Waals surface area (Å²) in [6, 6.07) is 3.33. The van der Waals surface area contributed by atoms with Gasteiger partial charge in [-0.1, -0.05) is 11.6 Å². The highest BCUT2D eigenvalue weighted by Crippen LogP contribution is 2.18. The highest BCUT2D eigenvalue weighted by Gasteiger charge is 2.22. The van der Waals surface area contributed by atoms with Gasteiger partial charge in [-0.25, -0.2) is 17.5 Å². The molecule has 0 aliphatic heterocycles. The fraction of sp³-hybridized carbons (Fsp3) is 0.500. The maximum atomic E-state index is 13.5. The summed E-state index contributed by atoms with van der Waals surface area (Å²) in [6.45, 7) is 1.51. The third-order valence-electron chi connectivity index (χ3n) is 2.76. The van der Waals surface area contributed by atoms with E-state index in [2.05, 4.69) is 4.72 Å². The molecule has 2 atom stereocenters. The number of aliphatic hydroxyl groups is 1. The van der Waals surface area contributed by atoms with Gasteiger partial charge in [0.15, 0.2) is 0 Å². The van der Waals surface area contributed by atoms with Crippen molar-refractivity contribution in [1.29, 1.82) is 0 Å². The molecule has 0 aromatic heterocycles. The molecule has 0 saturated heterocycles. The summed E-state index contributed by atoms with van der Waals surface area (Å²) in [5.41, 5.74) is 0.0156. The predicted octanol–water partition coefficient (Wildman–Crippen LogP) is 2.01. The minimum atomic E-state index is -3.71. The van der Waals surface area contributed by atoms with Crippen molar-refractivity contribution in [2.45, 2.75) is 24.0 Å². The number of halogens is 2. The normalized spacial score (nSPS) is 15.1. The van der Waals surface area contributed by atoms with Crippen LogP contribution in [0, 0.1) is 5.82 Å². The Balaban J connectivity index is 2.82. The third-order valence-corrected chi connectivity index (χ3v) is 5.58. The lowest BCUT2D eigenvalue weighted by Crippen LogP contribution is -2.41. The zero-order chi connectivity index (χ0) is 15.3. The van der Waals surface area contributed by atoms with Crippen molar-refractivity contribution in [2.24, 2.45) is 0 Å². The number of rotatable bonds is 7. The molecule has 2 N–H and O–H groups in total. The van der Waals surface area contributed by atoms with Crippen molar-refractivity contribution in [1.82, 2.24) is 4.72 Å². The molecule has 0 fully saturated rings. The van der Waals surface area contributed by atoms with E-state index in [9.17, 15) is 12.8 Å². The fourth-order valence-electron chi connectivity index (χ4n) is 1.70. The Morgan fingerprint density at radius 1 is 1.50 bits per heavy atom. The Morgan fingerprint density at radius 2 is 2.15 bits per heavy atom. The quantitative estimate of drug-likeness (QED) is 0.796. The van der Waals surface area contributed by atoms with Crippen molar-refractivity contribution >= 4 is 33.4 Å². The second-order valence-electron chi connectivity index (χ2n) is 4.36. The molecule has 1 aromatic carbocycles. The van der Waals surface area contributed by atoms with E-state index in [1.165, 1.54) is 23.9 Å². The Morgan fingerprint density at radius 3 is 2.70 bits per heavy atom. The van der Waals surface area contributed by atoms with Crippen LogP contribution in [0.4, 0.5) is 4.39 Å². The summed E-state index contributed by atoms with van der Waals surface area (Å²) in [6.07, 6.45) is 1.78. The first kappa shape index (κ1) is 17.7. The summed E-state index contributed by atoms with van der Waals surface area (Å²) >= 11 is 7.09. The topological polar surface area (TPSA) is 66.4 Å². The van der Waals surface area contributed by atoms with Crippen molar-refractivity contribution in [3.8, 4) is 0 Å². The van der Waals surface area contributed by atoms with E-state index in [1.54, 1.807) is 13.2 Å². The molecule has 114 valence electrons. The second kappa shape index (κ2) is 7.61. The molecule has 0 radical (unpaired) electrons. The number of thioether (sulfide) groups is 1. The number of nitrogens with one attached hydrogen (secondary N) is 1. The summed E-state index contributed by atoms with van der Waals surface area (Å²) in [5, 5.41) is 9.15. The molecule has 20 heavy (non-hydrogen) atoms. The molecule has 4 nitrogen and oxygen atoms in total. The minimum absolute atomic E-state index is 0.0156. The van der Waals surface area contributed by atoms with E-state index in [0.717, 1.165) is 6.07 Å². The molecular formula is C12H17ClFNO3S2. The number of sulfonamides is 1. The molecule has 0 amide bonds. The van der Waals surface area contributed by atoms with Crippen LogP contribution in [0.3, 0.4) is 0 Å². The molecule has 0 saturated carbocycles. The van der Waals surface area contributed by atoms with Crippen LogP contribution in [0.15, 0.2) is 18.2 Å². The van der Waals surface area contributed by atoms with Crippen LogP contribution < -0.4 is 4.72 Å². The molecule has 0 heterocycles. The minimum Gasteiger partial charge on any atom is -0.395 e. The van der Waals surface area contributed by atoms with Gasteiger partial charge in [0.1, 0.15) is 5.82 Å². The molecule has 0 unspecified atom stereocenters. The van der Waals surface area contributed by atoms with Gasteiger partial charge >= 0.3 is 0 Å². The summed E-state index contributed by atoms with van der Waals surface area (Å²) in [4.78, 5) is 0. The average molecular weight is 342 g/mol. The fourth-order valence-corrected chi connectivity index (χ4v) is 4.05. The second-order valence-corrected chi connectivity index (χ2v) is 7.63. The van der Waals surface area contributed by atoms with E-state index in [4.69, 9.17) is 16.7 Å². The van der Waals surface area contributed by atoms with E-state index < -0.39 is 27.6 Å². The first-order chi connectivity index (χ1) is 9.29. The Kier molecular flexibility index (Phi) is 6.74. The monoisotopic (exact) mass is 341 g/mol. The summed E-state index contributed by atoms with van der Waals surface area (Å²) in [7, 11) is -3.71. The largest absolute Gasteiger partial charge is 0.395 e. The number of aliphatic hydroxyl groups excluding tert-OH is 1. The number of hydrogen-bond acceptors (Lipinski definition) is 4. The zero-order valence-electron chi connectivity index (χ0n) is 11.1. The van der Waals surface area contributed by atoms with Crippen LogP contribution >= 0.6 is 23.4 Å². The maximum Gasteiger partial charge on any atom is 0.216 e. The lowest BCUT2D eigenvalue weighted by molar-refractivity contribution is 0.282. The van der Waals surface area contributed by atoms with E-state index in [0.29, 0.717) is 0 Å². The standard InChI is InChI=1S/C12H17ClFNO3S2/c1-8(12(6-16)19-2)15-20(17,18)7-9-5-10(13)3-4-11(9)14/h3-5,8,12,15-16H,6-7H2,1-2H3/t8-,12-/m0/s1. The molecule has 8 heteroatoms. The van der Waals surface area contributed by atoms with Crippen molar-refractivity contribution in [3.63, 3.8) is 0 Å². The molecule has 1 rings (SSSR count). The lowest BCUT2D eigenvalue weighted by Gasteiger charge is -2.21. The highest BCUT2D eigenvalue weighted by molar-refractivity contribution is 7.99.